The highest BCUT2D eigenvalue weighted by molar-refractivity contribution is 5.92. The fourth-order valence-corrected chi connectivity index (χ4v) is 5.86. The van der Waals surface area contributed by atoms with Crippen LogP contribution >= 0.6 is 0 Å². The fourth-order valence-electron chi connectivity index (χ4n) is 5.86. The number of amides is 3. The molecule has 10 heteroatoms. The fraction of sp³-hybridized carbons (Fsp3) is 0.533. The van der Waals surface area contributed by atoms with E-state index in [2.05, 4.69) is 27.3 Å². The first kappa shape index (κ1) is 28.0. The van der Waals surface area contributed by atoms with Crippen molar-refractivity contribution in [3.8, 4) is 5.88 Å². The van der Waals surface area contributed by atoms with E-state index in [-0.39, 0.29) is 42.1 Å². The Bertz CT molecular complexity index is 1170. The van der Waals surface area contributed by atoms with Gasteiger partial charge in [0.15, 0.2) is 0 Å². The molecule has 10 nitrogen and oxygen atoms in total. The number of nitrogens with one attached hydrogen (secondary N) is 1. The molecule has 1 aromatic carbocycles. The minimum absolute atomic E-state index is 0.0310. The third kappa shape index (κ3) is 7.17. The third-order valence-electron chi connectivity index (χ3n) is 8.04. The molecule has 2 fully saturated rings. The molecule has 0 unspecified atom stereocenters. The summed E-state index contributed by atoms with van der Waals surface area (Å²) < 4.78 is 11.4. The van der Waals surface area contributed by atoms with Gasteiger partial charge in [-0.05, 0) is 36.8 Å². The van der Waals surface area contributed by atoms with Crippen molar-refractivity contribution in [2.45, 2.75) is 44.8 Å². The van der Waals surface area contributed by atoms with Gasteiger partial charge in [-0.25, -0.2) is 4.98 Å². The molecule has 2 aromatic rings. The first-order valence-corrected chi connectivity index (χ1v) is 14.3. The minimum atomic E-state index is -0.315. The van der Waals surface area contributed by atoms with Gasteiger partial charge in [0.25, 0.3) is 5.91 Å². The van der Waals surface area contributed by atoms with Crippen LogP contribution < -0.4 is 10.1 Å². The van der Waals surface area contributed by atoms with E-state index in [0.717, 1.165) is 18.4 Å². The van der Waals surface area contributed by atoms with Crippen molar-refractivity contribution in [1.82, 2.24) is 25.0 Å². The summed E-state index contributed by atoms with van der Waals surface area (Å²) in [6.45, 7) is 6.39. The second-order valence-corrected chi connectivity index (χ2v) is 10.9. The summed E-state index contributed by atoms with van der Waals surface area (Å²) in [6.07, 6.45) is 2.26. The van der Waals surface area contributed by atoms with E-state index in [1.807, 2.05) is 28.0 Å². The van der Waals surface area contributed by atoms with Crippen LogP contribution in [0.15, 0.2) is 48.5 Å². The first-order valence-electron chi connectivity index (χ1n) is 14.3. The minimum Gasteiger partial charge on any atom is -0.475 e. The number of hydrogen-bond donors (Lipinski definition) is 1. The van der Waals surface area contributed by atoms with Crippen LogP contribution in [-0.2, 0) is 20.9 Å². The largest absolute Gasteiger partial charge is 0.475 e. The van der Waals surface area contributed by atoms with E-state index in [0.29, 0.717) is 70.7 Å². The summed E-state index contributed by atoms with van der Waals surface area (Å²) in [7, 11) is 0. The number of benzene rings is 1. The molecule has 2 atom stereocenters. The summed E-state index contributed by atoms with van der Waals surface area (Å²) in [5, 5.41) is 3.11. The number of aromatic nitrogens is 1. The highest BCUT2D eigenvalue weighted by Gasteiger charge is 2.40. The standard InChI is InChI=1S/C30H39N5O5/c1-22(36)34-14-15-39-16-17-40-28-9-5-8-26(32-28)29(37)31-25-18-27(30(38)33-12-10-24(19-34)11-13-33)35(21-25)20-23-6-3-2-4-7-23/h2-9,24-25,27H,10-21H2,1H3,(H,31,37)/t25-,27-/m0/s1. The van der Waals surface area contributed by atoms with Crippen LogP contribution in [0.25, 0.3) is 0 Å². The molecule has 1 aromatic heterocycles. The Morgan fingerprint density at radius 3 is 2.55 bits per heavy atom. The molecule has 0 spiro atoms. The van der Waals surface area contributed by atoms with Crippen molar-refractivity contribution >= 4 is 17.7 Å². The average molecular weight is 550 g/mol. The Hall–Kier alpha value is -3.50. The quantitative estimate of drug-likeness (QED) is 0.571. The molecule has 3 amide bonds. The highest BCUT2D eigenvalue weighted by atomic mass is 16.5. The van der Waals surface area contributed by atoms with Gasteiger partial charge in [0.2, 0.25) is 17.7 Å². The SMILES string of the molecule is CC(=O)N1CCOCCOc2cccc(n2)C(=O)N[C@H]2C[C@@H](C(=O)N3CCC(CC3)C1)N(Cc1ccccc1)C2. The molecule has 0 radical (unpaired) electrons. The van der Waals surface area contributed by atoms with Gasteiger partial charge in [-0.15, -0.1) is 0 Å². The summed E-state index contributed by atoms with van der Waals surface area (Å²) in [6, 6.07) is 14.7. The lowest BCUT2D eigenvalue weighted by Crippen LogP contribution is -2.49. The molecular weight excluding hydrogens is 510 g/mol. The molecular formula is C30H39N5O5. The number of carbonyl (C=O) groups is 3. The smallest absolute Gasteiger partial charge is 0.270 e. The third-order valence-corrected chi connectivity index (χ3v) is 8.04. The van der Waals surface area contributed by atoms with Gasteiger partial charge in [0, 0.05) is 58.3 Å². The van der Waals surface area contributed by atoms with E-state index < -0.39 is 0 Å². The molecule has 4 aliphatic rings. The number of likely N-dealkylation sites (tertiary alicyclic amines) is 1. The monoisotopic (exact) mass is 549 g/mol. The van der Waals surface area contributed by atoms with Crippen LogP contribution in [0, 0.1) is 5.92 Å². The number of nitrogens with zero attached hydrogens (tertiary/aromatic N) is 4. The van der Waals surface area contributed by atoms with Crippen molar-refractivity contribution in [2.24, 2.45) is 5.92 Å². The second kappa shape index (κ2) is 13.2. The molecule has 214 valence electrons. The maximum atomic E-state index is 13.8. The van der Waals surface area contributed by atoms with Gasteiger partial charge in [0.05, 0.1) is 19.3 Å². The normalized spacial score (nSPS) is 25.2. The molecule has 2 saturated heterocycles. The number of fused-ring (bicyclic) bond motifs is 10. The molecule has 1 N–H and O–H groups in total. The van der Waals surface area contributed by atoms with Gasteiger partial charge in [-0.2, -0.15) is 0 Å². The Kier molecular flexibility index (Phi) is 9.28. The highest BCUT2D eigenvalue weighted by Crippen LogP contribution is 2.26. The lowest BCUT2D eigenvalue weighted by atomic mass is 9.95. The maximum Gasteiger partial charge on any atom is 0.270 e. The second-order valence-electron chi connectivity index (χ2n) is 10.9. The summed E-state index contributed by atoms with van der Waals surface area (Å²) in [5.74, 6) is 0.558. The Morgan fingerprint density at radius 1 is 0.975 bits per heavy atom. The van der Waals surface area contributed by atoms with Gasteiger partial charge in [-0.3, -0.25) is 19.3 Å². The van der Waals surface area contributed by atoms with E-state index in [9.17, 15) is 14.4 Å². The zero-order valence-electron chi connectivity index (χ0n) is 23.2. The molecule has 0 saturated carbocycles. The van der Waals surface area contributed by atoms with Crippen LogP contribution in [0.2, 0.25) is 0 Å². The topological polar surface area (TPSA) is 104 Å². The van der Waals surface area contributed by atoms with E-state index in [1.54, 1.807) is 25.1 Å². The molecule has 0 aliphatic carbocycles. The van der Waals surface area contributed by atoms with Crippen molar-refractivity contribution in [3.63, 3.8) is 0 Å². The first-order chi connectivity index (χ1) is 19.5. The number of carbonyl (C=O) groups excluding carboxylic acids is 3. The van der Waals surface area contributed by atoms with Gasteiger partial charge < -0.3 is 24.6 Å². The van der Waals surface area contributed by atoms with Crippen LogP contribution in [0.4, 0.5) is 0 Å². The van der Waals surface area contributed by atoms with Crippen LogP contribution in [-0.4, -0.2) is 102 Å². The van der Waals surface area contributed by atoms with E-state index >= 15 is 0 Å². The predicted octanol–water partition coefficient (Wildman–Crippen LogP) is 1.95. The maximum absolute atomic E-state index is 13.8. The van der Waals surface area contributed by atoms with E-state index in [1.165, 1.54) is 0 Å². The molecule has 5 heterocycles. The van der Waals surface area contributed by atoms with Crippen LogP contribution in [0.5, 0.6) is 5.88 Å². The van der Waals surface area contributed by atoms with Crippen molar-refractivity contribution < 1.29 is 23.9 Å². The van der Waals surface area contributed by atoms with Gasteiger partial charge in [-0.1, -0.05) is 36.4 Å². The zero-order valence-corrected chi connectivity index (χ0v) is 23.2. The van der Waals surface area contributed by atoms with Crippen LogP contribution in [0.3, 0.4) is 0 Å². The predicted molar refractivity (Wildman–Crippen MR) is 149 cm³/mol. The Labute approximate surface area is 235 Å². The molecule has 40 heavy (non-hydrogen) atoms. The Balaban J connectivity index is 1.35. The summed E-state index contributed by atoms with van der Waals surface area (Å²) >= 11 is 0. The van der Waals surface area contributed by atoms with E-state index in [4.69, 9.17) is 9.47 Å². The Morgan fingerprint density at radius 2 is 1.77 bits per heavy atom. The van der Waals surface area contributed by atoms with Crippen LogP contribution in [0.1, 0.15) is 42.2 Å². The number of piperidine rings is 1. The lowest BCUT2D eigenvalue weighted by Gasteiger charge is -2.37. The summed E-state index contributed by atoms with van der Waals surface area (Å²) in [4.78, 5) is 49.6. The zero-order chi connectivity index (χ0) is 27.9. The number of ether oxygens (including phenoxy) is 2. The average Bonchev–Trinajstić information content (AvgIpc) is 3.36. The number of rotatable bonds is 2. The van der Waals surface area contributed by atoms with Gasteiger partial charge in [0.1, 0.15) is 12.3 Å². The van der Waals surface area contributed by atoms with Crippen molar-refractivity contribution in [1.29, 1.82) is 0 Å². The number of hydrogen-bond acceptors (Lipinski definition) is 7. The number of pyridine rings is 1. The van der Waals surface area contributed by atoms with Crippen molar-refractivity contribution in [2.75, 3.05) is 52.5 Å². The molecule has 6 bridgehead atoms. The summed E-state index contributed by atoms with van der Waals surface area (Å²) in [5.41, 5.74) is 1.40. The van der Waals surface area contributed by atoms with Gasteiger partial charge >= 0.3 is 0 Å². The molecule has 6 rings (SSSR count). The molecule has 4 aliphatic heterocycles. The van der Waals surface area contributed by atoms with Crippen molar-refractivity contribution in [3.05, 3.63) is 59.8 Å². The lowest BCUT2D eigenvalue weighted by molar-refractivity contribution is -0.138.